The van der Waals surface area contributed by atoms with Gasteiger partial charge < -0.3 is 4.74 Å². The number of ether oxygens (including phenoxy) is 1. The molecule has 0 aliphatic heterocycles. The Morgan fingerprint density at radius 2 is 2.19 bits per heavy atom. The predicted molar refractivity (Wildman–Crippen MR) is 70.6 cm³/mol. The Hall–Kier alpha value is -0.0500. The third kappa shape index (κ3) is 2.29. The van der Waals surface area contributed by atoms with Crippen LogP contribution in [0.3, 0.4) is 0 Å². The lowest BCUT2D eigenvalue weighted by atomic mass is 9.76. The summed E-state index contributed by atoms with van der Waals surface area (Å²) < 4.78 is 5.63. The van der Waals surface area contributed by atoms with Crippen LogP contribution in [-0.4, -0.2) is 12.7 Å². The Kier molecular flexibility index (Phi) is 3.62. The van der Waals surface area contributed by atoms with Gasteiger partial charge in [-0.15, -0.1) is 22.9 Å². The number of rotatable bonds is 4. The van der Waals surface area contributed by atoms with Crippen LogP contribution < -0.4 is 0 Å². The van der Waals surface area contributed by atoms with Gasteiger partial charge in [-0.1, -0.05) is 0 Å². The van der Waals surface area contributed by atoms with Crippen molar-refractivity contribution in [3.05, 3.63) is 21.4 Å². The van der Waals surface area contributed by atoms with Crippen molar-refractivity contribution in [3.8, 4) is 0 Å². The van der Waals surface area contributed by atoms with E-state index < -0.39 is 0 Å². The summed E-state index contributed by atoms with van der Waals surface area (Å²) in [6, 6.07) is 2.22. The Morgan fingerprint density at radius 1 is 1.50 bits per heavy atom. The maximum atomic E-state index is 6.53. The van der Waals surface area contributed by atoms with Crippen LogP contribution in [0, 0.1) is 13.8 Å². The van der Waals surface area contributed by atoms with Crippen molar-refractivity contribution in [3.63, 3.8) is 0 Å². The first kappa shape index (κ1) is 12.4. The molecule has 90 valence electrons. The number of thiophene rings is 1. The molecule has 0 saturated heterocycles. The molecule has 0 N–H and O–H groups in total. The number of alkyl halides is 1. The standard InChI is InChI=1S/C13H19ClOS/c1-9-7-11(10(2)16-9)12(14)8-13(15-3)5-4-6-13/h7,12H,4-6,8H2,1-3H3. The van der Waals surface area contributed by atoms with Gasteiger partial charge in [0.2, 0.25) is 0 Å². The predicted octanol–water partition coefficient (Wildman–Crippen LogP) is 4.60. The summed E-state index contributed by atoms with van der Waals surface area (Å²) in [5.41, 5.74) is 1.36. The maximum Gasteiger partial charge on any atom is 0.0696 e. The molecule has 1 nitrogen and oxygen atoms in total. The van der Waals surface area contributed by atoms with Gasteiger partial charge in [0.05, 0.1) is 11.0 Å². The average Bonchev–Trinajstić information content (AvgIpc) is 2.51. The lowest BCUT2D eigenvalue weighted by molar-refractivity contribution is -0.0780. The lowest BCUT2D eigenvalue weighted by Crippen LogP contribution is -2.39. The first-order valence-electron chi connectivity index (χ1n) is 5.82. The third-order valence-corrected chi connectivity index (χ3v) is 5.04. The molecular formula is C13H19ClOS. The summed E-state index contributed by atoms with van der Waals surface area (Å²) in [6.07, 6.45) is 4.55. The molecule has 0 aromatic carbocycles. The fourth-order valence-electron chi connectivity index (χ4n) is 2.46. The Bertz CT molecular complexity index is 362. The molecule has 1 saturated carbocycles. The molecule has 16 heavy (non-hydrogen) atoms. The van der Waals surface area contributed by atoms with Gasteiger partial charge in [-0.25, -0.2) is 0 Å². The van der Waals surface area contributed by atoms with E-state index in [1.807, 2.05) is 18.4 Å². The van der Waals surface area contributed by atoms with E-state index in [0.29, 0.717) is 0 Å². The zero-order valence-corrected chi connectivity index (χ0v) is 11.8. The van der Waals surface area contributed by atoms with Crippen LogP contribution in [0.4, 0.5) is 0 Å². The van der Waals surface area contributed by atoms with Gasteiger partial charge in [-0.05, 0) is 51.2 Å². The molecular weight excluding hydrogens is 240 g/mol. The van der Waals surface area contributed by atoms with Gasteiger partial charge in [0.15, 0.2) is 0 Å². The fourth-order valence-corrected chi connectivity index (χ4v) is 4.02. The summed E-state index contributed by atoms with van der Waals surface area (Å²) in [5.74, 6) is 0. The summed E-state index contributed by atoms with van der Waals surface area (Å²) in [4.78, 5) is 2.70. The largest absolute Gasteiger partial charge is 0.378 e. The summed E-state index contributed by atoms with van der Waals surface area (Å²) >= 11 is 8.36. The van der Waals surface area contributed by atoms with Crippen molar-refractivity contribution in [2.45, 2.75) is 50.5 Å². The van der Waals surface area contributed by atoms with E-state index in [9.17, 15) is 0 Å². The van der Waals surface area contributed by atoms with Gasteiger partial charge in [0.25, 0.3) is 0 Å². The minimum atomic E-state index is 0.0642. The molecule has 1 unspecified atom stereocenters. The first-order chi connectivity index (χ1) is 7.56. The highest BCUT2D eigenvalue weighted by molar-refractivity contribution is 7.12. The highest BCUT2D eigenvalue weighted by atomic mass is 35.5. The van der Waals surface area contributed by atoms with Crippen LogP contribution >= 0.6 is 22.9 Å². The van der Waals surface area contributed by atoms with E-state index in [1.165, 1.54) is 21.7 Å². The van der Waals surface area contributed by atoms with Gasteiger partial charge >= 0.3 is 0 Å². The normalized spacial score (nSPS) is 20.5. The number of hydrogen-bond acceptors (Lipinski definition) is 2. The number of methoxy groups -OCH3 is 1. The molecule has 3 heteroatoms. The van der Waals surface area contributed by atoms with E-state index >= 15 is 0 Å². The van der Waals surface area contributed by atoms with Crippen LogP contribution in [0.2, 0.25) is 0 Å². The molecule has 1 aromatic heterocycles. The van der Waals surface area contributed by atoms with E-state index in [4.69, 9.17) is 16.3 Å². The second kappa shape index (κ2) is 4.67. The summed E-state index contributed by atoms with van der Waals surface area (Å²) in [5, 5.41) is 0.102. The van der Waals surface area contributed by atoms with Crippen molar-refractivity contribution in [1.29, 1.82) is 0 Å². The third-order valence-electron chi connectivity index (χ3n) is 3.67. The molecule has 1 aromatic rings. The van der Waals surface area contributed by atoms with Crippen LogP contribution in [0.1, 0.15) is 46.4 Å². The molecule has 1 aliphatic rings. The molecule has 0 radical (unpaired) electrons. The Labute approximate surface area is 107 Å². The summed E-state index contributed by atoms with van der Waals surface area (Å²) in [7, 11) is 1.81. The van der Waals surface area contributed by atoms with E-state index in [2.05, 4.69) is 19.9 Å². The van der Waals surface area contributed by atoms with Crippen molar-refractivity contribution >= 4 is 22.9 Å². The molecule has 1 heterocycles. The van der Waals surface area contributed by atoms with Gasteiger partial charge in [-0.2, -0.15) is 0 Å². The number of halogens is 1. The van der Waals surface area contributed by atoms with E-state index in [0.717, 1.165) is 19.3 Å². The molecule has 1 atom stereocenters. The Balaban J connectivity index is 2.07. The first-order valence-corrected chi connectivity index (χ1v) is 7.08. The van der Waals surface area contributed by atoms with Crippen molar-refractivity contribution in [1.82, 2.24) is 0 Å². The average molecular weight is 259 g/mol. The summed E-state index contributed by atoms with van der Waals surface area (Å²) in [6.45, 7) is 4.29. The monoisotopic (exact) mass is 258 g/mol. The zero-order valence-electron chi connectivity index (χ0n) is 10.2. The number of hydrogen-bond donors (Lipinski definition) is 0. The SMILES string of the molecule is COC1(CC(Cl)c2cc(C)sc2C)CCC1. The molecule has 0 amide bonds. The van der Waals surface area contributed by atoms with Gasteiger partial charge in [0.1, 0.15) is 0 Å². The van der Waals surface area contributed by atoms with Gasteiger partial charge in [-0.3, -0.25) is 0 Å². The van der Waals surface area contributed by atoms with Crippen molar-refractivity contribution in [2.24, 2.45) is 0 Å². The Morgan fingerprint density at radius 3 is 2.56 bits per heavy atom. The van der Waals surface area contributed by atoms with Crippen LogP contribution in [-0.2, 0) is 4.74 Å². The van der Waals surface area contributed by atoms with E-state index in [-0.39, 0.29) is 11.0 Å². The fraction of sp³-hybridized carbons (Fsp3) is 0.692. The van der Waals surface area contributed by atoms with E-state index in [1.54, 1.807) is 0 Å². The molecule has 0 bridgehead atoms. The van der Waals surface area contributed by atoms with Crippen LogP contribution in [0.15, 0.2) is 6.07 Å². The molecule has 1 fully saturated rings. The molecule has 2 rings (SSSR count). The lowest BCUT2D eigenvalue weighted by Gasteiger charge is -2.41. The van der Waals surface area contributed by atoms with Crippen molar-refractivity contribution < 1.29 is 4.74 Å². The minimum absolute atomic E-state index is 0.0642. The highest BCUT2D eigenvalue weighted by Gasteiger charge is 2.39. The topological polar surface area (TPSA) is 9.23 Å². The maximum absolute atomic E-state index is 6.53. The minimum Gasteiger partial charge on any atom is -0.378 e. The smallest absolute Gasteiger partial charge is 0.0696 e. The van der Waals surface area contributed by atoms with Crippen molar-refractivity contribution in [2.75, 3.05) is 7.11 Å². The van der Waals surface area contributed by atoms with Crippen LogP contribution in [0.5, 0.6) is 0 Å². The second-order valence-corrected chi connectivity index (χ2v) is 6.77. The second-order valence-electron chi connectivity index (χ2n) is 4.78. The van der Waals surface area contributed by atoms with Gasteiger partial charge in [0, 0.05) is 16.9 Å². The molecule has 1 aliphatic carbocycles. The quantitative estimate of drug-likeness (QED) is 0.717. The molecule has 0 spiro atoms. The number of aryl methyl sites for hydroxylation is 2. The van der Waals surface area contributed by atoms with Crippen LogP contribution in [0.25, 0.3) is 0 Å². The highest BCUT2D eigenvalue weighted by Crippen LogP contribution is 2.45. The zero-order chi connectivity index (χ0) is 11.8.